The van der Waals surface area contributed by atoms with Crippen LogP contribution in [0.5, 0.6) is 5.75 Å². The molecule has 1 aromatic carbocycles. The number of hydrogen-bond acceptors (Lipinski definition) is 3. The second-order valence-electron chi connectivity index (χ2n) is 4.64. The molecular weight excluding hydrogens is 262 g/mol. The standard InChI is InChI=1S/C15H19NO2.ClH/c1-10-7-15(12(3)18-10)11(2)16-9-13-5-4-6-14(17)8-13;/h4-8,11,16-17H,9H2,1-3H3;1H. The number of phenols is 1. The van der Waals surface area contributed by atoms with Crippen LogP contribution < -0.4 is 5.32 Å². The lowest BCUT2D eigenvalue weighted by molar-refractivity contribution is 0.472. The molecule has 2 N–H and O–H groups in total. The molecule has 104 valence electrons. The van der Waals surface area contributed by atoms with E-state index in [0.717, 1.165) is 23.6 Å². The van der Waals surface area contributed by atoms with Gasteiger partial charge in [0.15, 0.2) is 0 Å². The number of hydrogen-bond donors (Lipinski definition) is 2. The smallest absolute Gasteiger partial charge is 0.115 e. The second kappa shape index (κ2) is 6.64. The van der Waals surface area contributed by atoms with Crippen LogP contribution in [0, 0.1) is 13.8 Å². The van der Waals surface area contributed by atoms with E-state index in [1.165, 1.54) is 5.56 Å². The molecule has 1 heterocycles. The fraction of sp³-hybridized carbons (Fsp3) is 0.333. The quantitative estimate of drug-likeness (QED) is 0.894. The van der Waals surface area contributed by atoms with Crippen molar-refractivity contribution in [3.63, 3.8) is 0 Å². The summed E-state index contributed by atoms with van der Waals surface area (Å²) in [5, 5.41) is 12.8. The predicted octanol–water partition coefficient (Wildman–Crippen LogP) is 3.87. The van der Waals surface area contributed by atoms with Crippen molar-refractivity contribution in [2.24, 2.45) is 0 Å². The monoisotopic (exact) mass is 281 g/mol. The van der Waals surface area contributed by atoms with Gasteiger partial charge < -0.3 is 14.8 Å². The van der Waals surface area contributed by atoms with Gasteiger partial charge in [0, 0.05) is 18.2 Å². The van der Waals surface area contributed by atoms with Gasteiger partial charge in [0.1, 0.15) is 17.3 Å². The van der Waals surface area contributed by atoms with Crippen molar-refractivity contribution in [2.75, 3.05) is 0 Å². The number of furan rings is 1. The Labute approximate surface area is 120 Å². The lowest BCUT2D eigenvalue weighted by atomic mass is 10.1. The number of benzene rings is 1. The van der Waals surface area contributed by atoms with Crippen LogP contribution in [0.3, 0.4) is 0 Å². The van der Waals surface area contributed by atoms with Crippen LogP contribution in [0.15, 0.2) is 34.7 Å². The summed E-state index contributed by atoms with van der Waals surface area (Å²) in [6, 6.07) is 9.58. The van der Waals surface area contributed by atoms with Crippen LogP contribution in [0.25, 0.3) is 0 Å². The Hall–Kier alpha value is -1.45. The highest BCUT2D eigenvalue weighted by Gasteiger charge is 2.11. The third kappa shape index (κ3) is 4.01. The minimum absolute atomic E-state index is 0. The van der Waals surface area contributed by atoms with Gasteiger partial charge in [-0.05, 0) is 44.5 Å². The summed E-state index contributed by atoms with van der Waals surface area (Å²) in [7, 11) is 0. The molecule has 0 fully saturated rings. The van der Waals surface area contributed by atoms with Crippen LogP contribution in [0.1, 0.15) is 35.6 Å². The van der Waals surface area contributed by atoms with E-state index in [2.05, 4.69) is 18.3 Å². The number of phenolic OH excluding ortho intramolecular Hbond substituents is 1. The molecule has 0 saturated heterocycles. The maximum atomic E-state index is 9.40. The molecule has 2 rings (SSSR count). The highest BCUT2D eigenvalue weighted by atomic mass is 35.5. The topological polar surface area (TPSA) is 45.4 Å². The van der Waals surface area contributed by atoms with Gasteiger partial charge in [-0.3, -0.25) is 0 Å². The van der Waals surface area contributed by atoms with Crippen LogP contribution in [0.4, 0.5) is 0 Å². The van der Waals surface area contributed by atoms with Gasteiger partial charge in [-0.25, -0.2) is 0 Å². The maximum absolute atomic E-state index is 9.40. The lowest BCUT2D eigenvalue weighted by Crippen LogP contribution is -2.18. The second-order valence-corrected chi connectivity index (χ2v) is 4.64. The largest absolute Gasteiger partial charge is 0.508 e. The molecule has 2 aromatic rings. The minimum atomic E-state index is 0. The number of nitrogens with one attached hydrogen (secondary N) is 1. The van der Waals surface area contributed by atoms with E-state index in [-0.39, 0.29) is 18.4 Å². The fourth-order valence-electron chi connectivity index (χ4n) is 2.13. The summed E-state index contributed by atoms with van der Waals surface area (Å²) in [6.07, 6.45) is 0. The highest BCUT2D eigenvalue weighted by Crippen LogP contribution is 2.21. The molecule has 0 bridgehead atoms. The van der Waals surface area contributed by atoms with Crippen LogP contribution in [-0.2, 0) is 6.54 Å². The fourth-order valence-corrected chi connectivity index (χ4v) is 2.13. The first-order valence-corrected chi connectivity index (χ1v) is 6.14. The van der Waals surface area contributed by atoms with Crippen molar-refractivity contribution in [1.29, 1.82) is 0 Å². The molecule has 1 unspecified atom stereocenters. The highest BCUT2D eigenvalue weighted by molar-refractivity contribution is 5.85. The van der Waals surface area contributed by atoms with E-state index < -0.39 is 0 Å². The van der Waals surface area contributed by atoms with Crippen molar-refractivity contribution < 1.29 is 9.52 Å². The van der Waals surface area contributed by atoms with Crippen molar-refractivity contribution in [2.45, 2.75) is 33.4 Å². The van der Waals surface area contributed by atoms with E-state index in [0.29, 0.717) is 5.75 Å². The van der Waals surface area contributed by atoms with E-state index in [1.807, 2.05) is 26.0 Å². The summed E-state index contributed by atoms with van der Waals surface area (Å²) in [5.74, 6) is 2.20. The molecule has 3 nitrogen and oxygen atoms in total. The molecule has 0 aliphatic rings. The maximum Gasteiger partial charge on any atom is 0.115 e. The van der Waals surface area contributed by atoms with Crippen molar-refractivity contribution >= 4 is 12.4 Å². The van der Waals surface area contributed by atoms with Gasteiger partial charge in [-0.1, -0.05) is 12.1 Å². The number of halogens is 1. The Morgan fingerprint density at radius 3 is 2.58 bits per heavy atom. The molecule has 1 atom stereocenters. The van der Waals surface area contributed by atoms with Gasteiger partial charge in [-0.15, -0.1) is 12.4 Å². The minimum Gasteiger partial charge on any atom is -0.508 e. The molecule has 0 spiro atoms. The summed E-state index contributed by atoms with van der Waals surface area (Å²) in [6.45, 7) is 6.77. The molecule has 0 aliphatic heterocycles. The zero-order chi connectivity index (χ0) is 13.1. The zero-order valence-electron chi connectivity index (χ0n) is 11.4. The Bertz CT molecular complexity index is 537. The molecule has 0 amide bonds. The number of aromatic hydroxyl groups is 1. The first-order chi connectivity index (χ1) is 8.56. The van der Waals surface area contributed by atoms with Crippen molar-refractivity contribution in [3.05, 3.63) is 53.0 Å². The SMILES string of the molecule is Cc1cc(C(C)NCc2cccc(O)c2)c(C)o1.Cl. The summed E-state index contributed by atoms with van der Waals surface area (Å²) >= 11 is 0. The Morgan fingerprint density at radius 1 is 1.26 bits per heavy atom. The third-order valence-electron chi connectivity index (χ3n) is 3.07. The Balaban J connectivity index is 0.00000180. The number of aryl methyl sites for hydroxylation is 2. The first-order valence-electron chi connectivity index (χ1n) is 6.14. The van der Waals surface area contributed by atoms with Crippen molar-refractivity contribution in [3.8, 4) is 5.75 Å². The summed E-state index contributed by atoms with van der Waals surface area (Å²) in [5.41, 5.74) is 2.26. The molecule has 0 radical (unpaired) electrons. The average Bonchev–Trinajstić information content (AvgIpc) is 2.66. The molecule has 4 heteroatoms. The normalized spacial score (nSPS) is 11.9. The third-order valence-corrected chi connectivity index (χ3v) is 3.07. The van der Waals surface area contributed by atoms with Crippen LogP contribution in [0.2, 0.25) is 0 Å². The number of rotatable bonds is 4. The van der Waals surface area contributed by atoms with E-state index >= 15 is 0 Å². The molecule has 19 heavy (non-hydrogen) atoms. The first kappa shape index (κ1) is 15.6. The molecule has 0 aliphatic carbocycles. The van der Waals surface area contributed by atoms with Gasteiger partial charge in [0.05, 0.1) is 0 Å². The van der Waals surface area contributed by atoms with Gasteiger partial charge in [0.25, 0.3) is 0 Å². The Morgan fingerprint density at radius 2 is 2.00 bits per heavy atom. The molecule has 1 aromatic heterocycles. The van der Waals surface area contributed by atoms with E-state index in [9.17, 15) is 5.11 Å². The lowest BCUT2D eigenvalue weighted by Gasteiger charge is -2.13. The predicted molar refractivity (Wildman–Crippen MR) is 78.8 cm³/mol. The summed E-state index contributed by atoms with van der Waals surface area (Å²) in [4.78, 5) is 0. The van der Waals surface area contributed by atoms with E-state index in [1.54, 1.807) is 12.1 Å². The van der Waals surface area contributed by atoms with Crippen molar-refractivity contribution in [1.82, 2.24) is 5.32 Å². The van der Waals surface area contributed by atoms with Gasteiger partial charge in [0.2, 0.25) is 0 Å². The molecule has 0 saturated carbocycles. The van der Waals surface area contributed by atoms with E-state index in [4.69, 9.17) is 4.42 Å². The Kier molecular flexibility index (Phi) is 5.45. The summed E-state index contributed by atoms with van der Waals surface area (Å²) < 4.78 is 5.53. The zero-order valence-corrected chi connectivity index (χ0v) is 12.3. The molecular formula is C15H20ClNO2. The van der Waals surface area contributed by atoms with Gasteiger partial charge in [-0.2, -0.15) is 0 Å². The van der Waals surface area contributed by atoms with Crippen LogP contribution in [-0.4, -0.2) is 5.11 Å². The van der Waals surface area contributed by atoms with Gasteiger partial charge >= 0.3 is 0 Å². The average molecular weight is 282 g/mol. The van der Waals surface area contributed by atoms with Crippen LogP contribution >= 0.6 is 12.4 Å².